The van der Waals surface area contributed by atoms with Crippen molar-refractivity contribution in [3.63, 3.8) is 0 Å². The van der Waals surface area contributed by atoms with E-state index in [4.69, 9.17) is 4.74 Å². The molecule has 1 aromatic carbocycles. The zero-order valence-corrected chi connectivity index (χ0v) is 9.11. The van der Waals surface area contributed by atoms with E-state index in [9.17, 15) is 4.79 Å². The fourth-order valence-electron chi connectivity index (χ4n) is 2.63. The van der Waals surface area contributed by atoms with E-state index in [1.165, 1.54) is 19.3 Å². The molecule has 0 saturated heterocycles. The Bertz CT molecular complexity index is 385. The maximum Gasteiger partial charge on any atom is 0.258 e. The lowest BCUT2D eigenvalue weighted by Crippen LogP contribution is -2.68. The molecule has 3 nitrogen and oxygen atoms in total. The van der Waals surface area contributed by atoms with Gasteiger partial charge in [0.05, 0.1) is 0 Å². The number of amides is 1. The molecule has 3 fully saturated rings. The van der Waals surface area contributed by atoms with Crippen molar-refractivity contribution in [1.82, 2.24) is 5.32 Å². The lowest BCUT2D eigenvalue weighted by Gasteiger charge is -2.61. The summed E-state index contributed by atoms with van der Waals surface area (Å²) in [6.45, 7) is 0.121. The summed E-state index contributed by atoms with van der Waals surface area (Å²) in [5, 5.41) is 3.07. The van der Waals surface area contributed by atoms with Crippen LogP contribution in [0.15, 0.2) is 30.3 Å². The molecule has 0 aromatic heterocycles. The van der Waals surface area contributed by atoms with E-state index in [1.54, 1.807) is 0 Å². The van der Waals surface area contributed by atoms with E-state index in [0.29, 0.717) is 0 Å². The zero-order chi connectivity index (χ0) is 11.0. The molecule has 0 radical (unpaired) electrons. The first-order valence-electron chi connectivity index (χ1n) is 5.75. The molecule has 3 heteroatoms. The molecule has 0 heterocycles. The molecule has 0 unspecified atom stereocenters. The first-order chi connectivity index (χ1) is 7.76. The Morgan fingerprint density at radius 3 is 2.56 bits per heavy atom. The van der Waals surface area contributed by atoms with E-state index >= 15 is 0 Å². The number of ether oxygens (including phenoxy) is 1. The second kappa shape index (κ2) is 3.51. The normalized spacial score (nSPS) is 29.9. The monoisotopic (exact) mass is 217 g/mol. The van der Waals surface area contributed by atoms with E-state index in [2.05, 4.69) is 5.32 Å². The Morgan fingerprint density at radius 1 is 1.31 bits per heavy atom. The predicted molar refractivity (Wildman–Crippen MR) is 60.2 cm³/mol. The second-order valence-corrected chi connectivity index (χ2v) is 4.91. The summed E-state index contributed by atoms with van der Waals surface area (Å²) < 4.78 is 5.39. The minimum Gasteiger partial charge on any atom is -0.484 e. The van der Waals surface area contributed by atoms with Crippen molar-refractivity contribution < 1.29 is 9.53 Å². The number of nitrogens with one attached hydrogen (secondary N) is 1. The minimum atomic E-state index is 0.00185. The Morgan fingerprint density at radius 2 is 2.00 bits per heavy atom. The summed E-state index contributed by atoms with van der Waals surface area (Å²) >= 11 is 0. The van der Waals surface area contributed by atoms with Gasteiger partial charge in [-0.1, -0.05) is 18.2 Å². The van der Waals surface area contributed by atoms with Crippen LogP contribution in [-0.4, -0.2) is 18.1 Å². The van der Waals surface area contributed by atoms with E-state index in [1.807, 2.05) is 30.3 Å². The van der Waals surface area contributed by atoms with Crippen LogP contribution >= 0.6 is 0 Å². The van der Waals surface area contributed by atoms with E-state index in [-0.39, 0.29) is 18.1 Å². The van der Waals surface area contributed by atoms with Gasteiger partial charge in [0.1, 0.15) is 5.75 Å². The van der Waals surface area contributed by atoms with Crippen LogP contribution in [0, 0.1) is 5.92 Å². The topological polar surface area (TPSA) is 38.3 Å². The van der Waals surface area contributed by atoms with Crippen molar-refractivity contribution in [2.45, 2.75) is 24.8 Å². The fraction of sp³-hybridized carbons (Fsp3) is 0.462. The van der Waals surface area contributed by atoms with E-state index < -0.39 is 0 Å². The Balaban J connectivity index is 1.46. The van der Waals surface area contributed by atoms with Crippen molar-refractivity contribution in [2.24, 2.45) is 5.92 Å². The van der Waals surface area contributed by atoms with Crippen LogP contribution in [0.5, 0.6) is 5.75 Å². The maximum absolute atomic E-state index is 11.6. The van der Waals surface area contributed by atoms with Crippen molar-refractivity contribution in [2.75, 3.05) is 6.61 Å². The van der Waals surface area contributed by atoms with Crippen molar-refractivity contribution >= 4 is 5.91 Å². The van der Waals surface area contributed by atoms with Gasteiger partial charge in [-0.05, 0) is 37.3 Å². The highest BCUT2D eigenvalue weighted by molar-refractivity contribution is 5.78. The van der Waals surface area contributed by atoms with Gasteiger partial charge in [-0.25, -0.2) is 0 Å². The first-order valence-corrected chi connectivity index (χ1v) is 5.75. The highest BCUT2D eigenvalue weighted by Gasteiger charge is 2.57. The summed E-state index contributed by atoms with van der Waals surface area (Å²) in [4.78, 5) is 11.6. The standard InChI is InChI=1S/C13H15NO2/c15-12(14-13-6-10(7-13)8-13)9-16-11-4-2-1-3-5-11/h1-5,10H,6-9H2,(H,14,15). The van der Waals surface area contributed by atoms with Gasteiger partial charge in [0.25, 0.3) is 5.91 Å². The quantitative estimate of drug-likeness (QED) is 0.834. The third kappa shape index (κ3) is 1.66. The van der Waals surface area contributed by atoms with Crippen LogP contribution in [0.4, 0.5) is 0 Å². The van der Waals surface area contributed by atoms with Crippen LogP contribution in [0.25, 0.3) is 0 Å². The minimum absolute atomic E-state index is 0.00185. The van der Waals surface area contributed by atoms with Crippen molar-refractivity contribution in [1.29, 1.82) is 0 Å². The molecule has 2 bridgehead atoms. The smallest absolute Gasteiger partial charge is 0.258 e. The van der Waals surface area contributed by atoms with E-state index in [0.717, 1.165) is 11.7 Å². The third-order valence-electron chi connectivity index (χ3n) is 3.56. The fourth-order valence-corrected chi connectivity index (χ4v) is 2.63. The van der Waals surface area contributed by atoms with Gasteiger partial charge in [-0.15, -0.1) is 0 Å². The van der Waals surface area contributed by atoms with Crippen molar-refractivity contribution in [3.05, 3.63) is 30.3 Å². The number of benzene rings is 1. The number of rotatable bonds is 4. The average Bonchev–Trinajstić information content (AvgIpc) is 2.20. The van der Waals surface area contributed by atoms with Crippen LogP contribution in [0.2, 0.25) is 0 Å². The number of hydrogen-bond acceptors (Lipinski definition) is 2. The molecular formula is C13H15NO2. The SMILES string of the molecule is O=C(COc1ccccc1)NC12CC(C1)C2. The number of hydrogen-bond donors (Lipinski definition) is 1. The Hall–Kier alpha value is -1.51. The predicted octanol–water partition coefficient (Wildman–Crippen LogP) is 1.73. The molecule has 3 saturated carbocycles. The Kier molecular flexibility index (Phi) is 2.13. The Labute approximate surface area is 94.8 Å². The second-order valence-electron chi connectivity index (χ2n) is 4.91. The molecule has 84 valence electrons. The lowest BCUT2D eigenvalue weighted by molar-refractivity contribution is -0.134. The number of carbonyl (C=O) groups is 1. The summed E-state index contributed by atoms with van der Waals surface area (Å²) in [7, 11) is 0. The number of para-hydroxylation sites is 1. The van der Waals surface area contributed by atoms with Gasteiger partial charge in [0.15, 0.2) is 6.61 Å². The molecule has 16 heavy (non-hydrogen) atoms. The molecule has 3 aliphatic carbocycles. The highest BCUT2D eigenvalue weighted by atomic mass is 16.5. The van der Waals surface area contributed by atoms with Crippen LogP contribution in [-0.2, 0) is 4.79 Å². The van der Waals surface area contributed by atoms with Gasteiger partial charge in [0, 0.05) is 5.54 Å². The summed E-state index contributed by atoms with van der Waals surface area (Å²) in [6.07, 6.45) is 3.51. The molecule has 3 aliphatic rings. The van der Waals surface area contributed by atoms with Crippen LogP contribution in [0.1, 0.15) is 19.3 Å². The van der Waals surface area contributed by atoms with Crippen LogP contribution < -0.4 is 10.1 Å². The molecule has 0 spiro atoms. The molecular weight excluding hydrogens is 202 g/mol. The average molecular weight is 217 g/mol. The van der Waals surface area contributed by atoms with Crippen LogP contribution in [0.3, 0.4) is 0 Å². The van der Waals surface area contributed by atoms with Gasteiger partial charge in [-0.3, -0.25) is 4.79 Å². The summed E-state index contributed by atoms with van der Waals surface area (Å²) in [5.74, 6) is 1.63. The van der Waals surface area contributed by atoms with Gasteiger partial charge >= 0.3 is 0 Å². The first kappa shape index (κ1) is 9.70. The molecule has 1 N–H and O–H groups in total. The highest BCUT2D eigenvalue weighted by Crippen LogP contribution is 2.56. The molecule has 0 atom stereocenters. The van der Waals surface area contributed by atoms with Gasteiger partial charge in [0.2, 0.25) is 0 Å². The summed E-state index contributed by atoms with van der Waals surface area (Å²) in [6, 6.07) is 9.43. The van der Waals surface area contributed by atoms with Crippen molar-refractivity contribution in [3.8, 4) is 5.75 Å². The third-order valence-corrected chi connectivity index (χ3v) is 3.56. The summed E-state index contributed by atoms with van der Waals surface area (Å²) in [5.41, 5.74) is 0.155. The zero-order valence-electron chi connectivity index (χ0n) is 9.11. The molecule has 4 rings (SSSR count). The van der Waals surface area contributed by atoms with Gasteiger partial charge < -0.3 is 10.1 Å². The molecule has 1 aromatic rings. The number of carbonyl (C=O) groups excluding carboxylic acids is 1. The van der Waals surface area contributed by atoms with Gasteiger partial charge in [-0.2, -0.15) is 0 Å². The maximum atomic E-state index is 11.6. The molecule has 0 aliphatic heterocycles. The lowest BCUT2D eigenvalue weighted by atomic mass is 9.50. The largest absolute Gasteiger partial charge is 0.484 e. The molecule has 1 amide bonds.